The van der Waals surface area contributed by atoms with E-state index in [1.807, 2.05) is 6.20 Å². The van der Waals surface area contributed by atoms with E-state index in [4.69, 9.17) is 5.73 Å². The molecule has 1 aromatic heterocycles. The third-order valence-corrected chi connectivity index (χ3v) is 3.46. The van der Waals surface area contributed by atoms with Crippen LogP contribution < -0.4 is 10.6 Å². The van der Waals surface area contributed by atoms with Gasteiger partial charge in [-0.3, -0.25) is 4.98 Å². The van der Waals surface area contributed by atoms with E-state index in [0.29, 0.717) is 12.6 Å². The number of anilines is 1. The second kappa shape index (κ2) is 4.83. The maximum atomic E-state index is 5.63. The number of hydrogen-bond acceptors (Lipinski definition) is 3. The SMILES string of the molecule is CC1CCC(C)N(c2ccnc(CN)c2)C1. The molecule has 0 amide bonds. The maximum absolute atomic E-state index is 5.63. The maximum Gasteiger partial charge on any atom is 0.0560 e. The van der Waals surface area contributed by atoms with Crippen molar-refractivity contribution in [2.24, 2.45) is 11.7 Å². The monoisotopic (exact) mass is 219 g/mol. The largest absolute Gasteiger partial charge is 0.368 e. The second-order valence-corrected chi connectivity index (χ2v) is 4.89. The molecule has 1 aliphatic rings. The van der Waals surface area contributed by atoms with Crippen molar-refractivity contribution in [3.05, 3.63) is 24.0 Å². The minimum atomic E-state index is 0.519. The van der Waals surface area contributed by atoms with Crippen LogP contribution in [0.1, 0.15) is 32.4 Å². The Labute approximate surface area is 97.7 Å². The van der Waals surface area contributed by atoms with Crippen LogP contribution in [-0.4, -0.2) is 17.6 Å². The Kier molecular flexibility index (Phi) is 3.44. The van der Waals surface area contributed by atoms with Crippen molar-refractivity contribution in [2.45, 2.75) is 39.3 Å². The minimum Gasteiger partial charge on any atom is -0.368 e. The molecule has 0 aromatic carbocycles. The highest BCUT2D eigenvalue weighted by Crippen LogP contribution is 2.27. The summed E-state index contributed by atoms with van der Waals surface area (Å²) in [7, 11) is 0. The fraction of sp³-hybridized carbons (Fsp3) is 0.615. The lowest BCUT2D eigenvalue weighted by Crippen LogP contribution is -2.41. The van der Waals surface area contributed by atoms with Gasteiger partial charge in [-0.2, -0.15) is 0 Å². The normalized spacial score (nSPS) is 25.8. The van der Waals surface area contributed by atoms with Gasteiger partial charge in [-0.1, -0.05) is 6.92 Å². The Balaban J connectivity index is 2.20. The molecule has 2 heterocycles. The molecule has 0 bridgehead atoms. The zero-order chi connectivity index (χ0) is 11.5. The first kappa shape index (κ1) is 11.4. The molecule has 1 aliphatic heterocycles. The summed E-state index contributed by atoms with van der Waals surface area (Å²) in [6, 6.07) is 4.84. The van der Waals surface area contributed by atoms with E-state index in [1.165, 1.54) is 18.5 Å². The molecule has 3 heteroatoms. The molecule has 0 radical (unpaired) electrons. The van der Waals surface area contributed by atoms with Gasteiger partial charge in [0.25, 0.3) is 0 Å². The van der Waals surface area contributed by atoms with E-state index in [9.17, 15) is 0 Å². The summed E-state index contributed by atoms with van der Waals surface area (Å²) >= 11 is 0. The molecule has 0 aliphatic carbocycles. The van der Waals surface area contributed by atoms with Crippen molar-refractivity contribution in [1.82, 2.24) is 4.98 Å². The van der Waals surface area contributed by atoms with Crippen molar-refractivity contribution in [1.29, 1.82) is 0 Å². The minimum absolute atomic E-state index is 0.519. The Hall–Kier alpha value is -1.09. The van der Waals surface area contributed by atoms with Crippen LogP contribution in [0.2, 0.25) is 0 Å². The van der Waals surface area contributed by atoms with Gasteiger partial charge in [0.2, 0.25) is 0 Å². The van der Waals surface area contributed by atoms with Gasteiger partial charge >= 0.3 is 0 Å². The van der Waals surface area contributed by atoms with E-state index >= 15 is 0 Å². The smallest absolute Gasteiger partial charge is 0.0560 e. The highest BCUT2D eigenvalue weighted by molar-refractivity contribution is 5.48. The van der Waals surface area contributed by atoms with Gasteiger partial charge in [0.15, 0.2) is 0 Å². The van der Waals surface area contributed by atoms with Crippen LogP contribution in [0, 0.1) is 5.92 Å². The van der Waals surface area contributed by atoms with Crippen molar-refractivity contribution >= 4 is 5.69 Å². The van der Waals surface area contributed by atoms with Crippen molar-refractivity contribution in [3.8, 4) is 0 Å². The first-order chi connectivity index (χ1) is 7.70. The predicted octanol–water partition coefficient (Wildman–Crippen LogP) is 2.17. The lowest BCUT2D eigenvalue weighted by Gasteiger charge is -2.38. The van der Waals surface area contributed by atoms with Gasteiger partial charge in [-0.25, -0.2) is 0 Å². The summed E-state index contributed by atoms with van der Waals surface area (Å²) in [6.07, 6.45) is 4.48. The summed E-state index contributed by atoms with van der Waals surface area (Å²) in [5, 5.41) is 0. The molecule has 88 valence electrons. The summed E-state index contributed by atoms with van der Waals surface area (Å²) in [6.45, 7) is 6.29. The van der Waals surface area contributed by atoms with E-state index in [0.717, 1.165) is 18.2 Å². The molecule has 2 atom stereocenters. The molecule has 3 nitrogen and oxygen atoms in total. The summed E-state index contributed by atoms with van der Waals surface area (Å²) in [5.74, 6) is 0.783. The first-order valence-corrected chi connectivity index (χ1v) is 6.12. The van der Waals surface area contributed by atoms with Crippen LogP contribution in [0.15, 0.2) is 18.3 Å². The average Bonchev–Trinajstić information content (AvgIpc) is 2.32. The van der Waals surface area contributed by atoms with E-state index in [1.54, 1.807) is 0 Å². The van der Waals surface area contributed by atoms with Crippen LogP contribution in [0.5, 0.6) is 0 Å². The number of aromatic nitrogens is 1. The second-order valence-electron chi connectivity index (χ2n) is 4.89. The molecule has 2 rings (SSSR count). The topological polar surface area (TPSA) is 42.2 Å². The van der Waals surface area contributed by atoms with Gasteiger partial charge in [0, 0.05) is 31.0 Å². The van der Waals surface area contributed by atoms with Crippen LogP contribution in [0.3, 0.4) is 0 Å². The fourth-order valence-corrected chi connectivity index (χ4v) is 2.40. The Bertz CT molecular complexity index is 351. The van der Waals surface area contributed by atoms with Gasteiger partial charge < -0.3 is 10.6 Å². The van der Waals surface area contributed by atoms with Crippen LogP contribution in [0.25, 0.3) is 0 Å². The summed E-state index contributed by atoms with van der Waals surface area (Å²) in [4.78, 5) is 6.73. The Morgan fingerprint density at radius 2 is 2.25 bits per heavy atom. The van der Waals surface area contributed by atoms with Crippen LogP contribution in [0.4, 0.5) is 5.69 Å². The molecule has 0 spiro atoms. The molecule has 1 fully saturated rings. The highest BCUT2D eigenvalue weighted by atomic mass is 15.2. The molecule has 1 saturated heterocycles. The molecule has 2 unspecified atom stereocenters. The Morgan fingerprint density at radius 3 is 3.00 bits per heavy atom. The third kappa shape index (κ3) is 2.35. The van der Waals surface area contributed by atoms with Gasteiger partial charge in [-0.05, 0) is 37.8 Å². The zero-order valence-electron chi connectivity index (χ0n) is 10.2. The first-order valence-electron chi connectivity index (χ1n) is 6.12. The number of rotatable bonds is 2. The molecule has 2 N–H and O–H groups in total. The van der Waals surface area contributed by atoms with E-state index in [-0.39, 0.29) is 0 Å². The van der Waals surface area contributed by atoms with Gasteiger partial charge in [0.1, 0.15) is 0 Å². The molecular weight excluding hydrogens is 198 g/mol. The molecule has 1 aromatic rings. The molecule has 16 heavy (non-hydrogen) atoms. The van der Waals surface area contributed by atoms with Crippen molar-refractivity contribution < 1.29 is 0 Å². The number of nitrogens with zero attached hydrogens (tertiary/aromatic N) is 2. The standard InChI is InChI=1S/C13H21N3/c1-10-3-4-11(2)16(9-10)13-5-6-15-12(7-13)8-14/h5-7,10-11H,3-4,8-9,14H2,1-2H3. The lowest BCUT2D eigenvalue weighted by atomic mass is 9.94. The van der Waals surface area contributed by atoms with E-state index < -0.39 is 0 Å². The predicted molar refractivity (Wildman–Crippen MR) is 67.3 cm³/mol. The summed E-state index contributed by atoms with van der Waals surface area (Å²) < 4.78 is 0. The number of pyridine rings is 1. The fourth-order valence-electron chi connectivity index (χ4n) is 2.40. The number of piperidine rings is 1. The van der Waals surface area contributed by atoms with Crippen LogP contribution in [-0.2, 0) is 6.54 Å². The number of hydrogen-bond donors (Lipinski definition) is 1. The quantitative estimate of drug-likeness (QED) is 0.829. The summed E-state index contributed by atoms with van der Waals surface area (Å²) in [5.41, 5.74) is 7.88. The van der Waals surface area contributed by atoms with Crippen molar-refractivity contribution in [2.75, 3.05) is 11.4 Å². The van der Waals surface area contributed by atoms with Gasteiger partial charge in [0.05, 0.1) is 5.69 Å². The third-order valence-electron chi connectivity index (χ3n) is 3.46. The lowest BCUT2D eigenvalue weighted by molar-refractivity contribution is 0.390. The zero-order valence-corrected chi connectivity index (χ0v) is 10.2. The molecule has 0 saturated carbocycles. The van der Waals surface area contributed by atoms with Crippen LogP contribution >= 0.6 is 0 Å². The van der Waals surface area contributed by atoms with Crippen molar-refractivity contribution in [3.63, 3.8) is 0 Å². The van der Waals surface area contributed by atoms with E-state index in [2.05, 4.69) is 35.9 Å². The highest BCUT2D eigenvalue weighted by Gasteiger charge is 2.23. The number of nitrogens with two attached hydrogens (primary N) is 1. The van der Waals surface area contributed by atoms with Gasteiger partial charge in [-0.15, -0.1) is 0 Å². The Morgan fingerprint density at radius 1 is 1.44 bits per heavy atom. The molecular formula is C13H21N3. The average molecular weight is 219 g/mol.